The van der Waals surface area contributed by atoms with Crippen molar-refractivity contribution in [1.82, 2.24) is 20.6 Å². The van der Waals surface area contributed by atoms with Crippen LogP contribution in [0.5, 0.6) is 0 Å². The molecule has 0 saturated carbocycles. The van der Waals surface area contributed by atoms with E-state index in [9.17, 15) is 33.6 Å². The van der Waals surface area contributed by atoms with Crippen LogP contribution in [0.3, 0.4) is 0 Å². The molecular formula is C53H59N5O8S4. The van der Waals surface area contributed by atoms with E-state index in [0.29, 0.717) is 43.4 Å². The maximum atomic E-state index is 13.0. The molecule has 4 aromatic carbocycles. The van der Waals surface area contributed by atoms with Crippen LogP contribution in [0.25, 0.3) is 22.5 Å². The Labute approximate surface area is 426 Å². The summed E-state index contributed by atoms with van der Waals surface area (Å²) in [6.45, 7) is 4.36. The fourth-order valence-electron chi connectivity index (χ4n) is 6.53. The number of nitrogens with two attached hydrogens (primary N) is 1. The first-order chi connectivity index (χ1) is 33.7. The molecule has 6 aromatic rings. The standard InChI is InChI=1S/C26H28N2O3S2.C23H25N3O2S2.C4H6O3/c1-18(29)8-9-19-10-12-21(13-11-19)26(31)28-22(14-15-32-2)24(30)16-25-27-23(17-33-25)20-6-4-3-5-7-20;1-29-12-11-19(26-23(28)18-9-7-16(14-24)8-10-18)21(27)13-22-25-20(15-30-22)17-5-3-2-4-6-17;1-3(5)7-4(2)6/h3-7,10-13,17,22H,8-9,14-16H2,1-2H3,(H,28,31);2-10,15,19H,11-14,24H2,1H3,(H,26,28);1-2H3/t22-;19-;/m00./s1. The topological polar surface area (TPSA) is 205 Å². The molecule has 2 heterocycles. The van der Waals surface area contributed by atoms with Crippen LogP contribution in [-0.2, 0) is 54.5 Å². The van der Waals surface area contributed by atoms with Gasteiger partial charge in [-0.05, 0) is 85.6 Å². The fourth-order valence-corrected chi connectivity index (χ4v) is 9.10. The van der Waals surface area contributed by atoms with Crippen LogP contribution in [0.15, 0.2) is 120 Å². The van der Waals surface area contributed by atoms with Crippen LogP contribution >= 0.6 is 46.2 Å². The first kappa shape index (κ1) is 56.5. The zero-order valence-electron chi connectivity index (χ0n) is 39.9. The third-order valence-electron chi connectivity index (χ3n) is 10.2. The summed E-state index contributed by atoms with van der Waals surface area (Å²) in [5, 5.41) is 11.3. The van der Waals surface area contributed by atoms with Crippen molar-refractivity contribution in [3.63, 3.8) is 0 Å². The molecule has 0 bridgehead atoms. The molecule has 0 aliphatic rings. The normalized spacial score (nSPS) is 11.3. The zero-order chi connectivity index (χ0) is 50.8. The van der Waals surface area contributed by atoms with Gasteiger partial charge in [-0.15, -0.1) is 22.7 Å². The van der Waals surface area contributed by atoms with Gasteiger partial charge in [0.1, 0.15) is 15.8 Å². The molecule has 4 N–H and O–H groups in total. The van der Waals surface area contributed by atoms with Gasteiger partial charge in [-0.2, -0.15) is 23.5 Å². The Bertz CT molecular complexity index is 2610. The summed E-state index contributed by atoms with van der Waals surface area (Å²) >= 11 is 6.23. The molecule has 6 rings (SSSR count). The van der Waals surface area contributed by atoms with E-state index in [1.54, 1.807) is 54.7 Å². The number of nitrogens with zero attached hydrogens (tertiary/aromatic N) is 2. The average Bonchev–Trinajstić information content (AvgIpc) is 4.04. The number of thioether (sulfide) groups is 2. The zero-order valence-corrected chi connectivity index (χ0v) is 43.2. The number of thiazole rings is 2. The second kappa shape index (κ2) is 30.5. The lowest BCUT2D eigenvalue weighted by molar-refractivity contribution is -0.156. The molecule has 0 aliphatic heterocycles. The van der Waals surface area contributed by atoms with Crippen LogP contribution < -0.4 is 16.4 Å². The van der Waals surface area contributed by atoms with Gasteiger partial charge in [0.2, 0.25) is 0 Å². The third-order valence-corrected chi connectivity index (χ3v) is 13.2. The van der Waals surface area contributed by atoms with Gasteiger partial charge in [-0.3, -0.25) is 28.8 Å². The predicted molar refractivity (Wildman–Crippen MR) is 283 cm³/mol. The van der Waals surface area contributed by atoms with Crippen molar-refractivity contribution in [2.75, 3.05) is 24.0 Å². The van der Waals surface area contributed by atoms with Gasteiger partial charge in [0.25, 0.3) is 11.8 Å². The highest BCUT2D eigenvalue weighted by atomic mass is 32.2. The first-order valence-corrected chi connectivity index (χ1v) is 26.9. The summed E-state index contributed by atoms with van der Waals surface area (Å²) < 4.78 is 3.97. The number of Topliss-reactive ketones (excluding diaryl/α,β-unsaturated/α-hetero) is 3. The smallest absolute Gasteiger partial charge is 0.310 e. The van der Waals surface area contributed by atoms with E-state index in [-0.39, 0.29) is 42.0 Å². The van der Waals surface area contributed by atoms with Gasteiger partial charge < -0.3 is 25.9 Å². The van der Waals surface area contributed by atoms with Crippen molar-refractivity contribution in [3.05, 3.63) is 152 Å². The van der Waals surface area contributed by atoms with Crippen LogP contribution in [-0.4, -0.2) is 87.2 Å². The molecule has 368 valence electrons. The quantitative estimate of drug-likeness (QED) is 0.0430. The van der Waals surface area contributed by atoms with Crippen molar-refractivity contribution in [2.24, 2.45) is 5.73 Å². The lowest BCUT2D eigenvalue weighted by atomic mass is 10.0. The lowest BCUT2D eigenvalue weighted by Crippen LogP contribution is -2.42. The molecule has 0 spiro atoms. The molecule has 70 heavy (non-hydrogen) atoms. The van der Waals surface area contributed by atoms with Gasteiger partial charge >= 0.3 is 11.9 Å². The van der Waals surface area contributed by atoms with Gasteiger partial charge in [-0.1, -0.05) is 84.9 Å². The minimum Gasteiger partial charge on any atom is -0.394 e. The third kappa shape index (κ3) is 20.1. The van der Waals surface area contributed by atoms with Crippen LogP contribution in [0.4, 0.5) is 0 Å². The number of aryl methyl sites for hydroxylation is 1. The summed E-state index contributed by atoms with van der Waals surface area (Å²) in [6.07, 6.45) is 6.68. The fraction of sp³-hybridized carbons (Fsp3) is 0.302. The molecule has 2 amide bonds. The summed E-state index contributed by atoms with van der Waals surface area (Å²) in [7, 11) is 0. The highest BCUT2D eigenvalue weighted by Gasteiger charge is 2.24. The molecule has 2 aromatic heterocycles. The van der Waals surface area contributed by atoms with Gasteiger partial charge in [0.15, 0.2) is 11.6 Å². The Balaban J connectivity index is 0.000000269. The van der Waals surface area contributed by atoms with E-state index in [0.717, 1.165) is 55.2 Å². The van der Waals surface area contributed by atoms with Crippen LogP contribution in [0.2, 0.25) is 0 Å². The Hall–Kier alpha value is -6.11. The van der Waals surface area contributed by atoms with E-state index in [4.69, 9.17) is 5.73 Å². The van der Waals surface area contributed by atoms with E-state index in [1.807, 2.05) is 108 Å². The Morgan fingerprint density at radius 3 is 1.33 bits per heavy atom. The lowest BCUT2D eigenvalue weighted by Gasteiger charge is -2.17. The molecular weight excluding hydrogens is 963 g/mol. The SMILES string of the molecule is CC(=O)OC(C)=O.CSCC[C@H](NC(=O)c1ccc(CCC(C)=O)cc1)C(=O)Cc1nc(-c2ccccc2)cs1.CSCC[C@H](NC(=O)c1ccc(CN)cc1)C(=O)Cc1nc(-c2ccccc2)cs1. The van der Waals surface area contributed by atoms with Crippen molar-refractivity contribution in [3.8, 4) is 22.5 Å². The minimum absolute atomic E-state index is 0.0232. The second-order valence-electron chi connectivity index (χ2n) is 15.8. The Kier molecular flexibility index (Phi) is 24.6. The number of carbonyl (C=O) groups excluding carboxylic acids is 7. The van der Waals surface area contributed by atoms with E-state index in [2.05, 4.69) is 25.3 Å². The number of benzene rings is 4. The van der Waals surface area contributed by atoms with Gasteiger partial charge in [-0.25, -0.2) is 9.97 Å². The largest absolute Gasteiger partial charge is 0.394 e. The second-order valence-corrected chi connectivity index (χ2v) is 19.6. The maximum absolute atomic E-state index is 13.0. The molecule has 0 aliphatic carbocycles. The van der Waals surface area contributed by atoms with E-state index in [1.165, 1.54) is 36.5 Å². The maximum Gasteiger partial charge on any atom is 0.310 e. The number of ether oxygens (including phenoxy) is 1. The number of hydrogen-bond acceptors (Lipinski definition) is 15. The number of amides is 2. The number of ketones is 3. The summed E-state index contributed by atoms with van der Waals surface area (Å²) in [6, 6.07) is 33.0. The van der Waals surface area contributed by atoms with E-state index < -0.39 is 24.0 Å². The Morgan fingerprint density at radius 2 is 0.986 bits per heavy atom. The highest BCUT2D eigenvalue weighted by molar-refractivity contribution is 7.98. The minimum atomic E-state index is -0.564. The number of hydrogen-bond donors (Lipinski definition) is 3. The van der Waals surface area contributed by atoms with Crippen molar-refractivity contribution < 1.29 is 38.3 Å². The van der Waals surface area contributed by atoms with Gasteiger partial charge in [0, 0.05) is 59.8 Å². The molecule has 2 atom stereocenters. The molecule has 17 heteroatoms. The average molecular weight is 1020 g/mol. The molecule has 13 nitrogen and oxygen atoms in total. The number of carbonyl (C=O) groups is 7. The molecule has 0 unspecified atom stereocenters. The Morgan fingerprint density at radius 1 is 0.586 bits per heavy atom. The van der Waals surface area contributed by atoms with Gasteiger partial charge in [0.05, 0.1) is 36.3 Å². The number of aromatic nitrogens is 2. The monoisotopic (exact) mass is 1020 g/mol. The van der Waals surface area contributed by atoms with Crippen molar-refractivity contribution >= 4 is 87.3 Å². The predicted octanol–water partition coefficient (Wildman–Crippen LogP) is 9.02. The highest BCUT2D eigenvalue weighted by Crippen LogP contribution is 2.24. The molecule has 0 radical (unpaired) electrons. The van der Waals surface area contributed by atoms with Crippen LogP contribution in [0.1, 0.15) is 81.9 Å². The van der Waals surface area contributed by atoms with Crippen molar-refractivity contribution in [2.45, 2.75) is 77.9 Å². The van der Waals surface area contributed by atoms with E-state index >= 15 is 0 Å². The number of esters is 2. The summed E-state index contributed by atoms with van der Waals surface area (Å²) in [5.41, 5.74) is 12.4. The summed E-state index contributed by atoms with van der Waals surface area (Å²) in [5.74, 6) is 0.000273. The molecule has 0 saturated heterocycles. The molecule has 0 fully saturated rings. The van der Waals surface area contributed by atoms with Crippen LogP contribution in [0, 0.1) is 0 Å². The first-order valence-electron chi connectivity index (χ1n) is 22.4. The number of nitrogens with one attached hydrogen (secondary N) is 2. The number of rotatable bonds is 22. The summed E-state index contributed by atoms with van der Waals surface area (Å²) in [4.78, 5) is 91.5. The van der Waals surface area contributed by atoms with Crippen molar-refractivity contribution in [1.29, 1.82) is 0 Å².